The van der Waals surface area contributed by atoms with Gasteiger partial charge in [-0.2, -0.15) is 5.26 Å². The number of hydrogen-bond acceptors (Lipinski definition) is 6. The molecule has 3 aliphatic rings. The molecule has 1 unspecified atom stereocenters. The van der Waals surface area contributed by atoms with Crippen molar-refractivity contribution in [2.45, 2.75) is 38.2 Å². The van der Waals surface area contributed by atoms with Crippen LogP contribution in [0.25, 0.3) is 0 Å². The second-order valence-electron chi connectivity index (χ2n) is 7.83. The number of cyclic esters (lactones) is 1. The molecule has 0 aliphatic carbocycles. The Morgan fingerprint density at radius 2 is 2.00 bits per heavy atom. The van der Waals surface area contributed by atoms with Crippen LogP contribution in [-0.4, -0.2) is 77.1 Å². The molecule has 1 aromatic rings. The zero-order valence-corrected chi connectivity index (χ0v) is 16.3. The summed E-state index contributed by atoms with van der Waals surface area (Å²) in [7, 11) is 0. The number of likely N-dealkylation sites (tertiary alicyclic amines) is 2. The molecule has 3 fully saturated rings. The van der Waals surface area contributed by atoms with Crippen molar-refractivity contribution in [2.24, 2.45) is 5.41 Å². The third-order valence-electron chi connectivity index (χ3n) is 6.04. The highest BCUT2D eigenvalue weighted by Crippen LogP contribution is 2.43. The number of carboxylic acid groups (broad SMARTS) is 1. The van der Waals surface area contributed by atoms with Gasteiger partial charge in [-0.15, -0.1) is 0 Å². The molecule has 4 rings (SSSR count). The number of nitrogens with zero attached hydrogens (tertiary/aromatic N) is 3. The Hall–Kier alpha value is -2.86. The predicted octanol–water partition coefficient (Wildman–Crippen LogP) is 1.22. The van der Waals surface area contributed by atoms with Crippen LogP contribution in [0.2, 0.25) is 0 Å². The Labute approximate surface area is 169 Å². The van der Waals surface area contributed by atoms with Gasteiger partial charge in [0.15, 0.2) is 0 Å². The van der Waals surface area contributed by atoms with Gasteiger partial charge in [-0.1, -0.05) is 0 Å². The van der Waals surface area contributed by atoms with Crippen molar-refractivity contribution >= 4 is 18.3 Å². The number of aromatic amines is 1. The molecule has 1 spiro atoms. The quantitative estimate of drug-likeness (QED) is 0.575. The number of nitriles is 1. The second-order valence-corrected chi connectivity index (χ2v) is 7.83. The van der Waals surface area contributed by atoms with Crippen LogP contribution in [0.5, 0.6) is 0 Å². The molecule has 0 radical (unpaired) electrons. The Bertz CT molecular complexity index is 785. The Kier molecular flexibility index (Phi) is 6.54. The Morgan fingerprint density at radius 1 is 1.34 bits per heavy atom. The van der Waals surface area contributed by atoms with Gasteiger partial charge in [0, 0.05) is 32.3 Å². The zero-order valence-electron chi connectivity index (χ0n) is 16.3. The summed E-state index contributed by atoms with van der Waals surface area (Å²) in [6.07, 6.45) is 6.07. The van der Waals surface area contributed by atoms with E-state index in [2.05, 4.69) is 9.88 Å². The van der Waals surface area contributed by atoms with Crippen molar-refractivity contribution in [3.8, 4) is 6.07 Å². The molecule has 29 heavy (non-hydrogen) atoms. The van der Waals surface area contributed by atoms with E-state index >= 15 is 0 Å². The highest BCUT2D eigenvalue weighted by molar-refractivity contribution is 5.93. The van der Waals surface area contributed by atoms with Crippen LogP contribution >= 0.6 is 0 Å². The summed E-state index contributed by atoms with van der Waals surface area (Å²) in [6, 6.07) is 3.59. The number of piperidine rings is 1. The number of hydrogen-bond donors (Lipinski definition) is 2. The minimum Gasteiger partial charge on any atom is -0.483 e. The molecule has 9 heteroatoms. The molecule has 0 aromatic carbocycles. The highest BCUT2D eigenvalue weighted by Gasteiger charge is 2.51. The lowest BCUT2D eigenvalue weighted by molar-refractivity contribution is -0.151. The predicted molar refractivity (Wildman–Crippen MR) is 102 cm³/mol. The fourth-order valence-electron chi connectivity index (χ4n) is 4.49. The van der Waals surface area contributed by atoms with Crippen LogP contribution in [0.1, 0.15) is 48.2 Å². The van der Waals surface area contributed by atoms with E-state index in [1.54, 1.807) is 11.0 Å². The van der Waals surface area contributed by atoms with Crippen LogP contribution in [0, 0.1) is 16.7 Å². The number of carbonyl (C=O) groups excluding carboxylic acids is 2. The van der Waals surface area contributed by atoms with E-state index in [1.807, 2.05) is 6.07 Å². The van der Waals surface area contributed by atoms with E-state index in [9.17, 15) is 9.59 Å². The number of H-pyrrole nitrogens is 1. The standard InChI is InChI=1S/C19H24N4O3.CH2O2/c20-11-14-9-16(21-12-14)17(24)23-7-3-19(4-8-23)10-15(26-18(19)25)13-22-5-1-2-6-22;2-1-3/h9,12,15,21H,1-8,10,13H2;1H,(H,2,3). The molecule has 0 bridgehead atoms. The van der Waals surface area contributed by atoms with Crippen molar-refractivity contribution in [3.63, 3.8) is 0 Å². The van der Waals surface area contributed by atoms with Gasteiger partial charge >= 0.3 is 5.97 Å². The van der Waals surface area contributed by atoms with Gasteiger partial charge < -0.3 is 19.7 Å². The first kappa shape index (κ1) is 20.9. The molecule has 1 aromatic heterocycles. The zero-order chi connectivity index (χ0) is 20.9. The molecule has 9 nitrogen and oxygen atoms in total. The smallest absolute Gasteiger partial charge is 0.312 e. The first-order chi connectivity index (χ1) is 14.0. The Balaban J connectivity index is 0.000000755. The number of esters is 1. The lowest BCUT2D eigenvalue weighted by Gasteiger charge is -2.36. The van der Waals surface area contributed by atoms with Gasteiger partial charge in [-0.05, 0) is 44.8 Å². The van der Waals surface area contributed by atoms with Crippen LogP contribution in [0.15, 0.2) is 12.3 Å². The molecule has 1 atom stereocenters. The molecule has 0 saturated carbocycles. The minimum atomic E-state index is -0.422. The van der Waals surface area contributed by atoms with E-state index in [0.29, 0.717) is 37.2 Å². The van der Waals surface area contributed by atoms with E-state index in [-0.39, 0.29) is 24.5 Å². The summed E-state index contributed by atoms with van der Waals surface area (Å²) in [5.74, 6) is -0.193. The van der Waals surface area contributed by atoms with Gasteiger partial charge in [0.2, 0.25) is 0 Å². The minimum absolute atomic E-state index is 0.00977. The summed E-state index contributed by atoms with van der Waals surface area (Å²) in [5, 5.41) is 15.8. The molecule has 3 aliphatic heterocycles. The third kappa shape index (κ3) is 4.59. The summed E-state index contributed by atoms with van der Waals surface area (Å²) in [6.45, 7) is 3.89. The summed E-state index contributed by atoms with van der Waals surface area (Å²) in [4.78, 5) is 40.5. The van der Waals surface area contributed by atoms with Crippen LogP contribution in [0.4, 0.5) is 0 Å². The number of rotatable bonds is 3. The van der Waals surface area contributed by atoms with E-state index in [4.69, 9.17) is 19.9 Å². The molecular formula is C20H26N4O5. The molecule has 1 amide bonds. The molecule has 156 valence electrons. The fraction of sp³-hybridized carbons (Fsp3) is 0.600. The Morgan fingerprint density at radius 3 is 2.59 bits per heavy atom. The normalized spacial score (nSPS) is 23.2. The lowest BCUT2D eigenvalue weighted by Crippen LogP contribution is -2.45. The van der Waals surface area contributed by atoms with Crippen molar-refractivity contribution < 1.29 is 24.2 Å². The number of aromatic nitrogens is 1. The maximum absolute atomic E-state index is 12.6. The first-order valence-corrected chi connectivity index (χ1v) is 9.90. The summed E-state index contributed by atoms with van der Waals surface area (Å²) < 4.78 is 5.69. The lowest BCUT2D eigenvalue weighted by atomic mass is 9.76. The van der Waals surface area contributed by atoms with Gasteiger partial charge in [-0.25, -0.2) is 0 Å². The summed E-state index contributed by atoms with van der Waals surface area (Å²) >= 11 is 0. The van der Waals surface area contributed by atoms with E-state index in [1.165, 1.54) is 19.0 Å². The van der Waals surface area contributed by atoms with Gasteiger partial charge in [0.1, 0.15) is 17.9 Å². The highest BCUT2D eigenvalue weighted by atomic mass is 16.6. The largest absolute Gasteiger partial charge is 0.483 e. The van der Waals surface area contributed by atoms with Gasteiger partial charge in [0.05, 0.1) is 11.0 Å². The van der Waals surface area contributed by atoms with Crippen molar-refractivity contribution in [2.75, 3.05) is 32.7 Å². The van der Waals surface area contributed by atoms with Crippen LogP contribution in [-0.2, 0) is 14.3 Å². The van der Waals surface area contributed by atoms with E-state index < -0.39 is 5.41 Å². The number of ether oxygens (including phenoxy) is 1. The molecule has 4 heterocycles. The topological polar surface area (TPSA) is 127 Å². The summed E-state index contributed by atoms with van der Waals surface area (Å²) in [5.41, 5.74) is 0.457. The maximum Gasteiger partial charge on any atom is 0.312 e. The van der Waals surface area contributed by atoms with Crippen LogP contribution < -0.4 is 0 Å². The molecule has 2 N–H and O–H groups in total. The van der Waals surface area contributed by atoms with Crippen LogP contribution in [0.3, 0.4) is 0 Å². The van der Waals surface area contributed by atoms with Crippen molar-refractivity contribution in [1.82, 2.24) is 14.8 Å². The van der Waals surface area contributed by atoms with Gasteiger partial charge in [0.25, 0.3) is 12.4 Å². The fourth-order valence-corrected chi connectivity index (χ4v) is 4.49. The maximum atomic E-state index is 12.6. The number of nitrogens with one attached hydrogen (secondary N) is 1. The van der Waals surface area contributed by atoms with Gasteiger partial charge in [-0.3, -0.25) is 19.3 Å². The monoisotopic (exact) mass is 402 g/mol. The molecule has 3 saturated heterocycles. The second kappa shape index (κ2) is 9.09. The SMILES string of the molecule is N#Cc1c[nH]c(C(=O)N2CCC3(CC2)CC(CN2CCCC2)OC3=O)c1.O=CO. The van der Waals surface area contributed by atoms with Crippen molar-refractivity contribution in [1.29, 1.82) is 5.26 Å². The van der Waals surface area contributed by atoms with Crippen molar-refractivity contribution in [3.05, 3.63) is 23.5 Å². The first-order valence-electron chi connectivity index (χ1n) is 9.90. The van der Waals surface area contributed by atoms with E-state index in [0.717, 1.165) is 26.1 Å². The average molecular weight is 402 g/mol. The number of carbonyl (C=O) groups is 3. The average Bonchev–Trinajstić information content (AvgIpc) is 3.45. The third-order valence-corrected chi connectivity index (χ3v) is 6.04. The molecular weight excluding hydrogens is 376 g/mol. The number of amides is 1.